The minimum Gasteiger partial charge on any atom is -0.464 e. The van der Waals surface area contributed by atoms with Crippen LogP contribution < -0.4 is 0 Å². The summed E-state index contributed by atoms with van der Waals surface area (Å²) in [6.07, 6.45) is 1.24. The largest absolute Gasteiger partial charge is 0.464 e. The lowest BCUT2D eigenvalue weighted by Crippen LogP contribution is -2.50. The van der Waals surface area contributed by atoms with Crippen LogP contribution in [-0.2, 0) is 25.5 Å². The molecule has 2 heterocycles. The van der Waals surface area contributed by atoms with Crippen molar-refractivity contribution < 1.29 is 24.0 Å². The Morgan fingerprint density at radius 1 is 1.25 bits per heavy atom. The first-order chi connectivity index (χ1) is 15.1. The molecule has 0 N–H and O–H groups in total. The second-order valence-electron chi connectivity index (χ2n) is 9.61. The molecule has 176 valence electrons. The van der Waals surface area contributed by atoms with Crippen LogP contribution in [0.5, 0.6) is 0 Å². The topological polar surface area (TPSA) is 99.0 Å². The third-order valence-electron chi connectivity index (χ3n) is 6.62. The van der Waals surface area contributed by atoms with E-state index in [1.165, 1.54) is 4.90 Å². The van der Waals surface area contributed by atoms with E-state index in [1.807, 2.05) is 52.0 Å². The van der Waals surface area contributed by atoms with Gasteiger partial charge in [0, 0.05) is 11.5 Å². The Labute approximate surface area is 189 Å². The first-order valence-corrected chi connectivity index (χ1v) is 11.4. The van der Waals surface area contributed by atoms with E-state index in [2.05, 4.69) is 0 Å². The van der Waals surface area contributed by atoms with Crippen molar-refractivity contribution in [3.8, 4) is 0 Å². The van der Waals surface area contributed by atoms with Gasteiger partial charge in [-0.3, -0.25) is 14.9 Å². The molecule has 5 atom stereocenters. The molecule has 0 unspecified atom stereocenters. The van der Waals surface area contributed by atoms with Crippen molar-refractivity contribution in [1.82, 2.24) is 4.90 Å². The third-order valence-corrected chi connectivity index (χ3v) is 6.62. The fraction of sp³-hybridized carbons (Fsp3) is 0.667. The van der Waals surface area contributed by atoms with Gasteiger partial charge < -0.3 is 14.4 Å². The lowest BCUT2D eigenvalue weighted by Gasteiger charge is -2.34. The average molecular weight is 447 g/mol. The summed E-state index contributed by atoms with van der Waals surface area (Å²) in [6.45, 7) is 9.90. The average Bonchev–Trinajstić information content (AvgIpc) is 3.39. The maximum absolute atomic E-state index is 13.8. The smallest absolute Gasteiger partial charge is 0.329 e. The highest BCUT2D eigenvalue weighted by molar-refractivity contribution is 5.89. The van der Waals surface area contributed by atoms with Crippen LogP contribution in [-0.4, -0.2) is 53.1 Å². The van der Waals surface area contributed by atoms with Gasteiger partial charge in [0.25, 0.3) is 5.91 Å². The van der Waals surface area contributed by atoms with Gasteiger partial charge in [-0.25, -0.2) is 4.79 Å². The zero-order valence-corrected chi connectivity index (χ0v) is 19.6. The molecule has 1 aromatic rings. The van der Waals surface area contributed by atoms with Crippen LogP contribution in [0.2, 0.25) is 0 Å². The highest BCUT2D eigenvalue weighted by Crippen LogP contribution is 2.50. The van der Waals surface area contributed by atoms with Gasteiger partial charge in [0.2, 0.25) is 6.04 Å². The van der Waals surface area contributed by atoms with E-state index in [0.29, 0.717) is 25.0 Å². The van der Waals surface area contributed by atoms with Crippen molar-refractivity contribution in [3.05, 3.63) is 45.5 Å². The summed E-state index contributed by atoms with van der Waals surface area (Å²) in [7, 11) is 0. The summed E-state index contributed by atoms with van der Waals surface area (Å²) in [5.41, 5.74) is 1.01. The number of nitrogens with zero attached hydrogens (tertiary/aromatic N) is 2. The Bertz CT molecular complexity index is 858. The first-order valence-electron chi connectivity index (χ1n) is 11.4. The monoisotopic (exact) mass is 446 g/mol. The summed E-state index contributed by atoms with van der Waals surface area (Å²) in [6, 6.07) is 4.38. The summed E-state index contributed by atoms with van der Waals surface area (Å²) < 4.78 is 11.0. The normalized spacial score (nSPS) is 28.0. The molecule has 0 saturated carbocycles. The lowest BCUT2D eigenvalue weighted by molar-refractivity contribution is -0.536. The number of benzene rings is 1. The lowest BCUT2D eigenvalue weighted by atomic mass is 9.72. The van der Waals surface area contributed by atoms with E-state index in [1.54, 1.807) is 6.92 Å². The third kappa shape index (κ3) is 4.37. The number of carbonyl (C=O) groups is 2. The molecular weight excluding hydrogens is 412 g/mol. The molecule has 0 bridgehead atoms. The van der Waals surface area contributed by atoms with Gasteiger partial charge in [-0.05, 0) is 42.7 Å². The molecule has 32 heavy (non-hydrogen) atoms. The zero-order chi connectivity index (χ0) is 23.6. The number of amides is 1. The van der Waals surface area contributed by atoms with Gasteiger partial charge in [0.15, 0.2) is 0 Å². The number of hydrogen-bond acceptors (Lipinski definition) is 6. The molecule has 8 nitrogen and oxygen atoms in total. The number of nitro groups is 1. The van der Waals surface area contributed by atoms with Crippen LogP contribution in [0.15, 0.2) is 24.3 Å². The van der Waals surface area contributed by atoms with Crippen molar-refractivity contribution in [2.24, 2.45) is 11.3 Å². The van der Waals surface area contributed by atoms with E-state index in [-0.39, 0.29) is 17.4 Å². The number of carbonyl (C=O) groups excluding carboxylic acids is 2. The SMILES string of the molecule is CCOC(=O)[C@@H]1[C@@H](C(C)(C)C)[C@H]([N+](=O)[O-])[C@H](c2ccccc2CC)N1C(=O)[C@@H]1CCCO1. The van der Waals surface area contributed by atoms with E-state index in [0.717, 1.165) is 12.0 Å². The minimum absolute atomic E-state index is 0.132. The number of rotatable bonds is 6. The molecule has 2 saturated heterocycles. The molecule has 0 aromatic heterocycles. The molecular formula is C24H34N2O6. The Hall–Kier alpha value is -2.48. The van der Waals surface area contributed by atoms with Gasteiger partial charge >= 0.3 is 5.97 Å². The van der Waals surface area contributed by atoms with Gasteiger partial charge in [-0.2, -0.15) is 0 Å². The Kier molecular flexibility index (Phi) is 7.22. The van der Waals surface area contributed by atoms with E-state index >= 15 is 0 Å². The van der Waals surface area contributed by atoms with Crippen molar-refractivity contribution in [2.45, 2.75) is 78.1 Å². The van der Waals surface area contributed by atoms with Gasteiger partial charge in [0.05, 0.1) is 12.5 Å². The van der Waals surface area contributed by atoms with Gasteiger partial charge in [-0.15, -0.1) is 0 Å². The molecule has 2 aliphatic rings. The van der Waals surface area contributed by atoms with Crippen LogP contribution in [0.4, 0.5) is 0 Å². The molecule has 0 radical (unpaired) electrons. The first kappa shape index (κ1) is 24.2. The van der Waals surface area contributed by atoms with Crippen LogP contribution in [0.1, 0.15) is 64.6 Å². The maximum Gasteiger partial charge on any atom is 0.329 e. The zero-order valence-electron chi connectivity index (χ0n) is 19.6. The van der Waals surface area contributed by atoms with Crippen LogP contribution in [0, 0.1) is 21.4 Å². The molecule has 1 amide bonds. The van der Waals surface area contributed by atoms with Crippen molar-refractivity contribution >= 4 is 11.9 Å². The molecule has 8 heteroatoms. The van der Waals surface area contributed by atoms with Crippen molar-refractivity contribution in [1.29, 1.82) is 0 Å². The maximum atomic E-state index is 13.8. The van der Waals surface area contributed by atoms with Crippen LogP contribution in [0.25, 0.3) is 0 Å². The summed E-state index contributed by atoms with van der Waals surface area (Å²) in [4.78, 5) is 40.7. The number of hydrogen-bond donors (Lipinski definition) is 0. The van der Waals surface area contributed by atoms with E-state index < -0.39 is 41.5 Å². The van der Waals surface area contributed by atoms with Gasteiger partial charge in [-0.1, -0.05) is 52.0 Å². The van der Waals surface area contributed by atoms with Crippen molar-refractivity contribution in [3.63, 3.8) is 0 Å². The summed E-state index contributed by atoms with van der Waals surface area (Å²) in [5.74, 6) is -1.69. The predicted molar refractivity (Wildman–Crippen MR) is 119 cm³/mol. The number of aryl methyl sites for hydroxylation is 1. The summed E-state index contributed by atoms with van der Waals surface area (Å²) in [5, 5.41) is 12.5. The molecule has 3 rings (SSSR count). The van der Waals surface area contributed by atoms with Crippen molar-refractivity contribution in [2.75, 3.05) is 13.2 Å². The van der Waals surface area contributed by atoms with Crippen LogP contribution >= 0.6 is 0 Å². The van der Waals surface area contributed by atoms with Gasteiger partial charge in [0.1, 0.15) is 18.2 Å². The molecule has 0 spiro atoms. The fourth-order valence-corrected chi connectivity index (χ4v) is 5.31. The predicted octanol–water partition coefficient (Wildman–Crippen LogP) is 3.55. The second-order valence-corrected chi connectivity index (χ2v) is 9.61. The Balaban J connectivity index is 2.26. The standard InChI is InChI=1S/C24H34N2O6/c1-6-15-11-8-9-12-16(15)19-20(26(29)30)18(24(3,4)5)21(23(28)31-7-2)25(19)22(27)17-13-10-14-32-17/h8-9,11-12,17-21H,6-7,10,13-14H2,1-5H3/t17-,18-,19-,20-,21-/m0/s1. The number of esters is 1. The molecule has 0 aliphatic carbocycles. The second kappa shape index (κ2) is 9.57. The van der Waals surface area contributed by atoms with E-state index in [4.69, 9.17) is 9.47 Å². The fourth-order valence-electron chi connectivity index (χ4n) is 5.31. The number of ether oxygens (including phenoxy) is 2. The molecule has 1 aromatic carbocycles. The molecule has 2 fully saturated rings. The highest BCUT2D eigenvalue weighted by atomic mass is 16.6. The number of likely N-dealkylation sites (tertiary alicyclic amines) is 1. The quantitative estimate of drug-likeness (QED) is 0.376. The minimum atomic E-state index is -1.15. The molecule has 2 aliphatic heterocycles. The summed E-state index contributed by atoms with van der Waals surface area (Å²) >= 11 is 0. The Morgan fingerprint density at radius 3 is 2.47 bits per heavy atom. The highest BCUT2D eigenvalue weighted by Gasteiger charge is 2.64. The Morgan fingerprint density at radius 2 is 1.94 bits per heavy atom. The van der Waals surface area contributed by atoms with Crippen LogP contribution in [0.3, 0.4) is 0 Å². The van der Waals surface area contributed by atoms with E-state index in [9.17, 15) is 19.7 Å².